The van der Waals surface area contributed by atoms with Crippen molar-refractivity contribution in [2.75, 3.05) is 10.8 Å². The number of nitrogens with zero attached hydrogens (tertiary/aromatic N) is 1. The molecule has 0 aliphatic carbocycles. The minimum absolute atomic E-state index is 0.127. The molecule has 0 aliphatic rings. The summed E-state index contributed by atoms with van der Waals surface area (Å²) in [4.78, 5) is 13.6. The van der Waals surface area contributed by atoms with Crippen LogP contribution < -0.4 is 9.62 Å². The summed E-state index contributed by atoms with van der Waals surface area (Å²) in [5, 5.41) is 3.06. The van der Waals surface area contributed by atoms with Gasteiger partial charge in [-0.05, 0) is 61.4 Å². The van der Waals surface area contributed by atoms with Crippen LogP contribution in [-0.2, 0) is 14.8 Å². The molecule has 7 heteroatoms. The molecule has 0 aromatic heterocycles. The summed E-state index contributed by atoms with van der Waals surface area (Å²) in [7, 11) is -3.99. The molecule has 1 atom stereocenters. The third-order valence-electron chi connectivity index (χ3n) is 5.86. The average molecular weight is 564 g/mol. The lowest BCUT2D eigenvalue weighted by Gasteiger charge is -2.26. The van der Waals surface area contributed by atoms with Gasteiger partial charge in [-0.1, -0.05) is 93.8 Å². The van der Waals surface area contributed by atoms with Crippen LogP contribution in [0.3, 0.4) is 0 Å². The van der Waals surface area contributed by atoms with Gasteiger partial charge >= 0.3 is 0 Å². The predicted octanol–water partition coefficient (Wildman–Crippen LogP) is 6.17. The normalized spacial score (nSPS) is 12.1. The molecule has 1 N–H and O–H groups in total. The quantitative estimate of drug-likeness (QED) is 0.279. The van der Waals surface area contributed by atoms with Crippen molar-refractivity contribution >= 4 is 37.5 Å². The monoisotopic (exact) mass is 562 g/mol. The largest absolute Gasteiger partial charge is 0.344 e. The third-order valence-corrected chi connectivity index (χ3v) is 8.18. The summed E-state index contributed by atoms with van der Waals surface area (Å²) in [6.45, 7) is 3.53. The first kappa shape index (κ1) is 25.7. The maximum atomic E-state index is 13.7. The number of aryl methyl sites for hydroxylation is 2. The first-order valence-corrected chi connectivity index (χ1v) is 13.7. The Morgan fingerprint density at radius 2 is 1.31 bits per heavy atom. The predicted molar refractivity (Wildman–Crippen MR) is 147 cm³/mol. The highest BCUT2D eigenvalue weighted by Gasteiger charge is 2.28. The van der Waals surface area contributed by atoms with Crippen molar-refractivity contribution < 1.29 is 13.2 Å². The van der Waals surface area contributed by atoms with E-state index in [0.29, 0.717) is 5.69 Å². The fraction of sp³-hybridized carbons (Fsp3) is 0.138. The second-order valence-corrected chi connectivity index (χ2v) is 11.4. The molecule has 4 aromatic carbocycles. The summed E-state index contributed by atoms with van der Waals surface area (Å²) in [6, 6.07) is 30.6. The Morgan fingerprint density at radius 1 is 0.778 bits per heavy atom. The molecule has 0 saturated heterocycles. The van der Waals surface area contributed by atoms with Gasteiger partial charge in [0.05, 0.1) is 16.6 Å². The maximum Gasteiger partial charge on any atom is 0.264 e. The van der Waals surface area contributed by atoms with Crippen LogP contribution in [-0.4, -0.2) is 20.9 Å². The van der Waals surface area contributed by atoms with Crippen LogP contribution >= 0.6 is 15.9 Å². The van der Waals surface area contributed by atoms with Crippen LogP contribution in [0.4, 0.5) is 5.69 Å². The van der Waals surface area contributed by atoms with Crippen LogP contribution in [0.2, 0.25) is 0 Å². The number of sulfonamides is 1. The summed E-state index contributed by atoms with van der Waals surface area (Å²) in [5.74, 6) is -0.414. The van der Waals surface area contributed by atoms with Crippen LogP contribution in [0.25, 0.3) is 0 Å². The van der Waals surface area contributed by atoms with Crippen molar-refractivity contribution in [3.05, 3.63) is 130 Å². The molecule has 0 bridgehead atoms. The number of rotatable bonds is 8. The molecule has 0 aliphatic heterocycles. The van der Waals surface area contributed by atoms with Crippen molar-refractivity contribution in [1.29, 1.82) is 0 Å². The van der Waals surface area contributed by atoms with Gasteiger partial charge in [0, 0.05) is 4.47 Å². The van der Waals surface area contributed by atoms with Gasteiger partial charge in [-0.25, -0.2) is 8.42 Å². The number of carbonyl (C=O) groups excluding carboxylic acids is 1. The Balaban J connectivity index is 1.68. The van der Waals surface area contributed by atoms with Gasteiger partial charge in [0.2, 0.25) is 5.91 Å². The zero-order chi connectivity index (χ0) is 25.7. The number of hydrogen-bond donors (Lipinski definition) is 1. The molecule has 1 unspecified atom stereocenters. The smallest absolute Gasteiger partial charge is 0.264 e. The van der Waals surface area contributed by atoms with Crippen molar-refractivity contribution in [1.82, 2.24) is 5.32 Å². The van der Waals surface area contributed by atoms with Crippen molar-refractivity contribution in [3.8, 4) is 0 Å². The highest BCUT2D eigenvalue weighted by Crippen LogP contribution is 2.27. The summed E-state index contributed by atoms with van der Waals surface area (Å²) in [5.41, 5.74) is 4.29. The van der Waals surface area contributed by atoms with E-state index < -0.39 is 22.0 Å². The molecule has 0 spiro atoms. The highest BCUT2D eigenvalue weighted by molar-refractivity contribution is 9.10. The van der Waals surface area contributed by atoms with E-state index >= 15 is 0 Å². The molecule has 0 heterocycles. The zero-order valence-electron chi connectivity index (χ0n) is 20.1. The van der Waals surface area contributed by atoms with Gasteiger partial charge in [-0.15, -0.1) is 0 Å². The molecular formula is C29H27BrN2O3S. The number of benzene rings is 4. The van der Waals surface area contributed by atoms with E-state index in [2.05, 4.69) is 21.2 Å². The Kier molecular flexibility index (Phi) is 7.91. The molecule has 0 saturated carbocycles. The summed E-state index contributed by atoms with van der Waals surface area (Å²) in [6.07, 6.45) is 0. The standard InChI is InChI=1S/C29H27BrN2O3S/c1-21-8-12-24(13-9-21)29(23-6-4-3-5-7-23)31-28(33)20-32(26-16-14-25(30)15-17-26)36(34,35)27-18-10-22(2)11-19-27/h3-19,29H,20H2,1-2H3,(H,31,33). The molecule has 184 valence electrons. The number of hydrogen-bond acceptors (Lipinski definition) is 3. The van der Waals surface area contributed by atoms with Gasteiger partial charge in [0.15, 0.2) is 0 Å². The van der Waals surface area contributed by atoms with Crippen LogP contribution in [0.5, 0.6) is 0 Å². The molecule has 0 fully saturated rings. The van der Waals surface area contributed by atoms with E-state index in [1.807, 2.05) is 68.4 Å². The number of halogens is 1. The molecule has 4 aromatic rings. The minimum atomic E-state index is -3.99. The Hall–Kier alpha value is -3.42. The Labute approximate surface area is 221 Å². The van der Waals surface area contributed by atoms with Crippen LogP contribution in [0.15, 0.2) is 112 Å². The van der Waals surface area contributed by atoms with Gasteiger partial charge in [-0.3, -0.25) is 9.10 Å². The Bertz CT molecular complexity index is 1420. The van der Waals surface area contributed by atoms with Crippen LogP contribution in [0, 0.1) is 13.8 Å². The van der Waals surface area contributed by atoms with E-state index in [4.69, 9.17) is 0 Å². The fourth-order valence-corrected chi connectivity index (χ4v) is 5.55. The van der Waals surface area contributed by atoms with Gasteiger partial charge in [0.1, 0.15) is 6.54 Å². The first-order valence-electron chi connectivity index (χ1n) is 11.5. The molecule has 0 radical (unpaired) electrons. The second kappa shape index (κ2) is 11.1. The maximum absolute atomic E-state index is 13.7. The minimum Gasteiger partial charge on any atom is -0.344 e. The SMILES string of the molecule is Cc1ccc(C(NC(=O)CN(c2ccc(Br)cc2)S(=O)(=O)c2ccc(C)cc2)c2ccccc2)cc1. The van der Waals surface area contributed by atoms with E-state index in [1.54, 1.807) is 48.5 Å². The van der Waals surface area contributed by atoms with E-state index in [-0.39, 0.29) is 11.4 Å². The number of nitrogens with one attached hydrogen (secondary N) is 1. The molecule has 4 rings (SSSR count). The molecule has 1 amide bonds. The number of carbonyl (C=O) groups is 1. The number of anilines is 1. The lowest BCUT2D eigenvalue weighted by atomic mass is 9.98. The topological polar surface area (TPSA) is 66.5 Å². The fourth-order valence-electron chi connectivity index (χ4n) is 3.86. The van der Waals surface area contributed by atoms with E-state index in [9.17, 15) is 13.2 Å². The highest BCUT2D eigenvalue weighted by atomic mass is 79.9. The first-order chi connectivity index (χ1) is 17.2. The van der Waals surface area contributed by atoms with Crippen molar-refractivity contribution in [2.45, 2.75) is 24.8 Å². The van der Waals surface area contributed by atoms with Gasteiger partial charge < -0.3 is 5.32 Å². The zero-order valence-corrected chi connectivity index (χ0v) is 22.5. The van der Waals surface area contributed by atoms with Crippen molar-refractivity contribution in [3.63, 3.8) is 0 Å². The van der Waals surface area contributed by atoms with Crippen molar-refractivity contribution in [2.24, 2.45) is 0 Å². The second-order valence-electron chi connectivity index (χ2n) is 8.62. The Morgan fingerprint density at radius 3 is 1.89 bits per heavy atom. The van der Waals surface area contributed by atoms with Gasteiger partial charge in [0.25, 0.3) is 10.0 Å². The average Bonchev–Trinajstić information content (AvgIpc) is 2.88. The van der Waals surface area contributed by atoms with E-state index in [1.165, 1.54) is 0 Å². The number of amides is 1. The molecular weight excluding hydrogens is 536 g/mol. The molecule has 36 heavy (non-hydrogen) atoms. The summed E-state index contributed by atoms with van der Waals surface area (Å²) < 4.78 is 29.3. The van der Waals surface area contributed by atoms with Crippen LogP contribution in [0.1, 0.15) is 28.3 Å². The van der Waals surface area contributed by atoms with Gasteiger partial charge in [-0.2, -0.15) is 0 Å². The summed E-state index contributed by atoms with van der Waals surface area (Å²) >= 11 is 3.39. The van der Waals surface area contributed by atoms with E-state index in [0.717, 1.165) is 31.0 Å². The third kappa shape index (κ3) is 6.04. The lowest BCUT2D eigenvalue weighted by Crippen LogP contribution is -2.42. The lowest BCUT2D eigenvalue weighted by molar-refractivity contribution is -0.120. The molecule has 5 nitrogen and oxygen atoms in total.